The van der Waals surface area contributed by atoms with Crippen molar-refractivity contribution in [3.8, 4) is 0 Å². The van der Waals surface area contributed by atoms with Crippen LogP contribution in [0.15, 0.2) is 12.1 Å². The molecule has 0 amide bonds. The van der Waals surface area contributed by atoms with Crippen LogP contribution in [-0.2, 0) is 0 Å². The highest BCUT2D eigenvalue weighted by molar-refractivity contribution is 6.29. The summed E-state index contributed by atoms with van der Waals surface area (Å²) in [7, 11) is 0. The average Bonchev–Trinajstić information content (AvgIpc) is 2.38. The van der Waals surface area contributed by atoms with Crippen molar-refractivity contribution in [2.45, 2.75) is 25.8 Å². The molecule has 2 heterocycles. The van der Waals surface area contributed by atoms with Crippen LogP contribution in [0.4, 0.5) is 11.5 Å². The summed E-state index contributed by atoms with van der Waals surface area (Å²) in [5, 5.41) is 14.2. The van der Waals surface area contributed by atoms with Crippen molar-refractivity contribution in [3.63, 3.8) is 0 Å². The van der Waals surface area contributed by atoms with Gasteiger partial charge in [-0.3, -0.25) is 10.1 Å². The Labute approximate surface area is 116 Å². The van der Waals surface area contributed by atoms with Gasteiger partial charge in [-0.15, -0.1) is 0 Å². The molecule has 0 aliphatic carbocycles. The highest BCUT2D eigenvalue weighted by atomic mass is 35.5. The second-order valence-corrected chi connectivity index (χ2v) is 5.05. The largest absolute Gasteiger partial charge is 0.366 e. The van der Waals surface area contributed by atoms with E-state index < -0.39 is 4.92 Å². The van der Waals surface area contributed by atoms with E-state index >= 15 is 0 Å². The third kappa shape index (κ3) is 3.78. The van der Waals surface area contributed by atoms with Crippen LogP contribution >= 0.6 is 11.6 Å². The number of hydrogen-bond acceptors (Lipinski definition) is 5. The molecule has 6 nitrogen and oxygen atoms in total. The van der Waals surface area contributed by atoms with Crippen LogP contribution < -0.4 is 5.32 Å². The number of pyridine rings is 1. The van der Waals surface area contributed by atoms with E-state index in [0.717, 1.165) is 32.5 Å². The average molecular weight is 285 g/mol. The number of nitrogens with one attached hydrogen (secondary N) is 1. The van der Waals surface area contributed by atoms with Gasteiger partial charge in [-0.1, -0.05) is 18.5 Å². The third-order valence-electron chi connectivity index (χ3n) is 3.29. The molecule has 1 aliphatic rings. The van der Waals surface area contributed by atoms with Gasteiger partial charge in [-0.05, 0) is 25.9 Å². The molecule has 0 aromatic carbocycles. The van der Waals surface area contributed by atoms with Crippen LogP contribution in [0.25, 0.3) is 0 Å². The lowest BCUT2D eigenvalue weighted by Crippen LogP contribution is -2.41. The Hall–Kier alpha value is -1.40. The minimum absolute atomic E-state index is 0.0364. The quantitative estimate of drug-likeness (QED) is 0.523. The molecule has 1 N–H and O–H groups in total. The molecule has 2 rings (SSSR count). The summed E-state index contributed by atoms with van der Waals surface area (Å²) in [6.07, 6.45) is 2.16. The molecule has 1 unspecified atom stereocenters. The van der Waals surface area contributed by atoms with Gasteiger partial charge in [0.1, 0.15) is 11.0 Å². The first-order valence-corrected chi connectivity index (χ1v) is 6.77. The van der Waals surface area contributed by atoms with Crippen molar-refractivity contribution in [2.24, 2.45) is 0 Å². The van der Waals surface area contributed by atoms with Gasteiger partial charge >= 0.3 is 0 Å². The number of likely N-dealkylation sites (tertiary alicyclic amines) is 1. The lowest BCUT2D eigenvalue weighted by Gasteiger charge is -2.32. The van der Waals surface area contributed by atoms with Gasteiger partial charge in [-0.25, -0.2) is 4.98 Å². The number of nitrogens with zero attached hydrogens (tertiary/aromatic N) is 3. The SMILES string of the molecule is CCN1CCCC(Nc2cc([N+](=O)[O-])cc(Cl)n2)C1. The summed E-state index contributed by atoms with van der Waals surface area (Å²) >= 11 is 5.80. The second-order valence-electron chi connectivity index (χ2n) is 4.67. The van der Waals surface area contributed by atoms with Gasteiger partial charge in [-0.2, -0.15) is 0 Å². The minimum Gasteiger partial charge on any atom is -0.366 e. The molecule has 0 radical (unpaired) electrons. The molecule has 0 saturated carbocycles. The molecule has 1 aliphatic heterocycles. The summed E-state index contributed by atoms with van der Waals surface area (Å²) in [5.74, 6) is 0.474. The third-order valence-corrected chi connectivity index (χ3v) is 3.49. The number of aromatic nitrogens is 1. The van der Waals surface area contributed by atoms with E-state index in [0.29, 0.717) is 5.82 Å². The Balaban J connectivity index is 2.08. The molecule has 7 heteroatoms. The maximum Gasteiger partial charge on any atom is 0.276 e. The normalized spacial score (nSPS) is 20.2. The standard InChI is InChI=1S/C12H17ClN4O2/c1-2-16-5-3-4-9(8-16)14-12-7-10(17(18)19)6-11(13)15-12/h6-7,9H,2-5,8H2,1H3,(H,14,15). The topological polar surface area (TPSA) is 71.3 Å². The first-order chi connectivity index (χ1) is 9.08. The first kappa shape index (κ1) is 14.0. The van der Waals surface area contributed by atoms with E-state index in [1.165, 1.54) is 12.1 Å². The summed E-state index contributed by atoms with van der Waals surface area (Å²) in [4.78, 5) is 16.8. The number of likely N-dealkylation sites (N-methyl/N-ethyl adjacent to an activating group) is 1. The van der Waals surface area contributed by atoms with E-state index in [9.17, 15) is 10.1 Å². The monoisotopic (exact) mass is 284 g/mol. The minimum atomic E-state index is -0.460. The Bertz CT molecular complexity index is 469. The van der Waals surface area contributed by atoms with Crippen LogP contribution in [0.3, 0.4) is 0 Å². The maximum absolute atomic E-state index is 10.8. The number of anilines is 1. The van der Waals surface area contributed by atoms with Crippen molar-refractivity contribution in [3.05, 3.63) is 27.4 Å². The van der Waals surface area contributed by atoms with Crippen LogP contribution in [0, 0.1) is 10.1 Å². The molecule has 1 saturated heterocycles. The fraction of sp³-hybridized carbons (Fsp3) is 0.583. The van der Waals surface area contributed by atoms with Gasteiger partial charge in [0, 0.05) is 12.6 Å². The Morgan fingerprint density at radius 3 is 3.11 bits per heavy atom. The highest BCUT2D eigenvalue weighted by Gasteiger charge is 2.20. The molecule has 1 fully saturated rings. The van der Waals surface area contributed by atoms with Crippen molar-refractivity contribution in [1.82, 2.24) is 9.88 Å². The number of piperidine rings is 1. The zero-order chi connectivity index (χ0) is 13.8. The van der Waals surface area contributed by atoms with E-state index in [-0.39, 0.29) is 16.9 Å². The number of rotatable bonds is 4. The number of halogens is 1. The van der Waals surface area contributed by atoms with Crippen LogP contribution in [0.5, 0.6) is 0 Å². The summed E-state index contributed by atoms with van der Waals surface area (Å²) in [6.45, 7) is 5.18. The molecule has 19 heavy (non-hydrogen) atoms. The fourth-order valence-electron chi connectivity index (χ4n) is 2.33. The molecule has 1 atom stereocenters. The van der Waals surface area contributed by atoms with Gasteiger partial charge < -0.3 is 10.2 Å². The predicted octanol–water partition coefficient (Wildman–Crippen LogP) is 2.54. The van der Waals surface area contributed by atoms with Crippen molar-refractivity contribution in [2.75, 3.05) is 25.0 Å². The van der Waals surface area contributed by atoms with E-state index in [1.807, 2.05) is 0 Å². The molecule has 0 bridgehead atoms. The fourth-order valence-corrected chi connectivity index (χ4v) is 2.54. The van der Waals surface area contributed by atoms with Crippen LogP contribution in [-0.4, -0.2) is 40.5 Å². The van der Waals surface area contributed by atoms with Gasteiger partial charge in [0.2, 0.25) is 0 Å². The molecular weight excluding hydrogens is 268 g/mol. The first-order valence-electron chi connectivity index (χ1n) is 6.39. The van der Waals surface area contributed by atoms with E-state index in [4.69, 9.17) is 11.6 Å². The molecule has 1 aromatic rings. The Morgan fingerprint density at radius 2 is 2.42 bits per heavy atom. The molecule has 0 spiro atoms. The number of hydrogen-bond donors (Lipinski definition) is 1. The van der Waals surface area contributed by atoms with Gasteiger partial charge in [0.05, 0.1) is 17.1 Å². The second kappa shape index (κ2) is 6.16. The van der Waals surface area contributed by atoms with Crippen molar-refractivity contribution >= 4 is 23.1 Å². The summed E-state index contributed by atoms with van der Waals surface area (Å²) in [5.41, 5.74) is -0.0364. The van der Waals surface area contributed by atoms with Crippen molar-refractivity contribution in [1.29, 1.82) is 0 Å². The Kier molecular flexibility index (Phi) is 4.55. The lowest BCUT2D eigenvalue weighted by molar-refractivity contribution is -0.384. The Morgan fingerprint density at radius 1 is 1.63 bits per heavy atom. The van der Waals surface area contributed by atoms with Crippen LogP contribution in [0.1, 0.15) is 19.8 Å². The van der Waals surface area contributed by atoms with Gasteiger partial charge in [0.15, 0.2) is 0 Å². The van der Waals surface area contributed by atoms with E-state index in [1.54, 1.807) is 0 Å². The smallest absolute Gasteiger partial charge is 0.276 e. The van der Waals surface area contributed by atoms with Gasteiger partial charge in [0.25, 0.3) is 5.69 Å². The predicted molar refractivity (Wildman–Crippen MR) is 74.7 cm³/mol. The van der Waals surface area contributed by atoms with Crippen molar-refractivity contribution < 1.29 is 4.92 Å². The number of nitro groups is 1. The zero-order valence-electron chi connectivity index (χ0n) is 10.8. The lowest BCUT2D eigenvalue weighted by atomic mass is 10.1. The van der Waals surface area contributed by atoms with E-state index in [2.05, 4.69) is 22.1 Å². The summed E-state index contributed by atoms with van der Waals surface area (Å²) in [6, 6.07) is 2.95. The zero-order valence-corrected chi connectivity index (χ0v) is 11.6. The molecular formula is C12H17ClN4O2. The van der Waals surface area contributed by atoms with Crippen LogP contribution in [0.2, 0.25) is 5.15 Å². The highest BCUT2D eigenvalue weighted by Crippen LogP contribution is 2.22. The summed E-state index contributed by atoms with van der Waals surface area (Å²) < 4.78 is 0. The molecule has 1 aromatic heterocycles. The molecule has 104 valence electrons. The maximum atomic E-state index is 10.8.